The Balaban J connectivity index is 2.13. The van der Waals surface area contributed by atoms with E-state index in [9.17, 15) is 4.79 Å². The Morgan fingerprint density at radius 3 is 2.47 bits per heavy atom. The smallest absolute Gasteiger partial charge is 0.223 e. The fourth-order valence-electron chi connectivity index (χ4n) is 5.17. The van der Waals surface area contributed by atoms with E-state index in [0.29, 0.717) is 25.8 Å². The second-order valence-electron chi connectivity index (χ2n) is 10.2. The van der Waals surface area contributed by atoms with Gasteiger partial charge in [0, 0.05) is 35.8 Å². The monoisotopic (exact) mass is 415 g/mol. The van der Waals surface area contributed by atoms with Crippen LogP contribution in [0, 0.1) is 25.2 Å². The Morgan fingerprint density at radius 2 is 1.90 bits per heavy atom. The molecular weight excluding hydrogens is 374 g/mol. The molecule has 1 aliphatic heterocycles. The third kappa shape index (κ3) is 6.31. The first-order chi connectivity index (χ1) is 14.0. The first kappa shape index (κ1) is 24.4. The first-order valence-electron chi connectivity index (χ1n) is 11.5. The maximum atomic E-state index is 13.4. The Hall–Kier alpha value is -1.87. The molecule has 6 heteroatoms. The lowest BCUT2D eigenvalue weighted by molar-refractivity contribution is -0.135. The number of hydrogen-bond donors (Lipinski definition) is 1. The van der Waals surface area contributed by atoms with Gasteiger partial charge < -0.3 is 10.2 Å². The number of rotatable bonds is 9. The number of aryl methyl sites for hydroxylation is 2. The van der Waals surface area contributed by atoms with E-state index in [1.807, 2.05) is 18.5 Å². The van der Waals surface area contributed by atoms with Crippen LogP contribution >= 0.6 is 0 Å². The number of hydrogen-bond acceptors (Lipinski definition) is 4. The summed E-state index contributed by atoms with van der Waals surface area (Å²) in [5.74, 6) is 0.255. The quantitative estimate of drug-likeness (QED) is 0.653. The van der Waals surface area contributed by atoms with Crippen LogP contribution in [0.15, 0.2) is 0 Å². The van der Waals surface area contributed by atoms with E-state index in [1.165, 1.54) is 0 Å². The van der Waals surface area contributed by atoms with E-state index in [0.717, 1.165) is 49.2 Å². The van der Waals surface area contributed by atoms with Crippen molar-refractivity contribution in [1.82, 2.24) is 20.0 Å². The minimum atomic E-state index is 0.0201. The normalized spacial score (nSPS) is 18.2. The maximum Gasteiger partial charge on any atom is 0.223 e. The predicted octanol–water partition coefficient (Wildman–Crippen LogP) is 4.28. The van der Waals surface area contributed by atoms with Crippen molar-refractivity contribution in [3.8, 4) is 6.07 Å². The summed E-state index contributed by atoms with van der Waals surface area (Å²) in [4.78, 5) is 15.5. The number of unbranched alkanes of at least 4 members (excludes halogenated alkanes) is 1. The Morgan fingerprint density at radius 1 is 1.27 bits per heavy atom. The standard InChI is InChI=1S/C24H41N5O/c1-8-9-14-28(20-16-23(4,5)27-24(6,7)17-20)22(30)12-11-21-18(2)26-29(19(21)3)15-10-13-25/h20,27H,8-12,14-17H2,1-7H3. The molecule has 2 rings (SSSR count). The second-order valence-corrected chi connectivity index (χ2v) is 10.2. The van der Waals surface area contributed by atoms with Gasteiger partial charge in [-0.1, -0.05) is 13.3 Å². The minimum Gasteiger partial charge on any atom is -0.340 e. The van der Waals surface area contributed by atoms with Gasteiger partial charge in [0.25, 0.3) is 0 Å². The number of carbonyl (C=O) groups excluding carboxylic acids is 1. The van der Waals surface area contributed by atoms with E-state index in [2.05, 4.69) is 56.0 Å². The summed E-state index contributed by atoms with van der Waals surface area (Å²) in [5, 5.41) is 17.2. The van der Waals surface area contributed by atoms with Gasteiger partial charge in [-0.3, -0.25) is 9.48 Å². The largest absolute Gasteiger partial charge is 0.340 e. The zero-order valence-corrected chi connectivity index (χ0v) is 20.1. The van der Waals surface area contributed by atoms with Gasteiger partial charge in [0.1, 0.15) is 0 Å². The van der Waals surface area contributed by atoms with E-state index >= 15 is 0 Å². The highest BCUT2D eigenvalue weighted by molar-refractivity contribution is 5.77. The molecule has 0 aliphatic carbocycles. The number of piperidine rings is 1. The van der Waals surface area contributed by atoms with Crippen molar-refractivity contribution < 1.29 is 4.79 Å². The zero-order chi connectivity index (χ0) is 22.5. The van der Waals surface area contributed by atoms with Crippen LogP contribution < -0.4 is 5.32 Å². The third-order valence-corrected chi connectivity index (χ3v) is 6.24. The van der Waals surface area contributed by atoms with Crippen molar-refractivity contribution in [3.05, 3.63) is 17.0 Å². The molecule has 2 heterocycles. The highest BCUT2D eigenvalue weighted by atomic mass is 16.2. The summed E-state index contributed by atoms with van der Waals surface area (Å²) in [6.07, 6.45) is 5.77. The summed E-state index contributed by atoms with van der Waals surface area (Å²) >= 11 is 0. The molecule has 0 spiro atoms. The SMILES string of the molecule is CCCCN(C(=O)CCc1c(C)nn(CCC#N)c1C)C1CC(C)(C)NC(C)(C)C1. The molecule has 168 valence electrons. The van der Waals surface area contributed by atoms with Crippen molar-refractivity contribution in [2.24, 2.45) is 0 Å². The molecular formula is C24H41N5O. The number of amides is 1. The molecule has 1 aromatic heterocycles. The maximum absolute atomic E-state index is 13.4. The lowest BCUT2D eigenvalue weighted by atomic mass is 9.79. The molecule has 1 saturated heterocycles. The van der Waals surface area contributed by atoms with Crippen molar-refractivity contribution in [1.29, 1.82) is 5.26 Å². The molecule has 1 amide bonds. The first-order valence-corrected chi connectivity index (χ1v) is 11.5. The van der Waals surface area contributed by atoms with Gasteiger partial charge in [-0.05, 0) is 72.8 Å². The Kier molecular flexibility index (Phi) is 8.10. The fourth-order valence-corrected chi connectivity index (χ4v) is 5.17. The van der Waals surface area contributed by atoms with Gasteiger partial charge in [0.15, 0.2) is 0 Å². The van der Waals surface area contributed by atoms with Crippen LogP contribution in [0.25, 0.3) is 0 Å². The van der Waals surface area contributed by atoms with E-state index in [4.69, 9.17) is 5.26 Å². The van der Waals surface area contributed by atoms with Crippen molar-refractivity contribution in [2.45, 2.75) is 117 Å². The summed E-state index contributed by atoms with van der Waals surface area (Å²) in [5.41, 5.74) is 3.25. The van der Waals surface area contributed by atoms with Crippen molar-refractivity contribution >= 4 is 5.91 Å². The van der Waals surface area contributed by atoms with Crippen molar-refractivity contribution in [2.75, 3.05) is 6.54 Å². The molecule has 0 atom stereocenters. The number of aromatic nitrogens is 2. The molecule has 1 aliphatic rings. The third-order valence-electron chi connectivity index (χ3n) is 6.24. The minimum absolute atomic E-state index is 0.0201. The van der Waals surface area contributed by atoms with Crippen LogP contribution in [0.1, 0.15) is 90.1 Å². The van der Waals surface area contributed by atoms with E-state index in [-0.39, 0.29) is 23.0 Å². The molecule has 0 radical (unpaired) electrons. The average molecular weight is 416 g/mol. The molecule has 1 aromatic rings. The number of nitriles is 1. The molecule has 6 nitrogen and oxygen atoms in total. The number of carbonyl (C=O) groups is 1. The lowest BCUT2D eigenvalue weighted by Crippen LogP contribution is -2.62. The van der Waals surface area contributed by atoms with Gasteiger partial charge in [-0.2, -0.15) is 10.4 Å². The van der Waals surface area contributed by atoms with Crippen LogP contribution in [0.5, 0.6) is 0 Å². The van der Waals surface area contributed by atoms with Crippen LogP contribution in [0.4, 0.5) is 0 Å². The van der Waals surface area contributed by atoms with E-state index in [1.54, 1.807) is 0 Å². The van der Waals surface area contributed by atoms with Crippen LogP contribution in [0.3, 0.4) is 0 Å². The van der Waals surface area contributed by atoms with Crippen LogP contribution in [0.2, 0.25) is 0 Å². The Bertz CT molecular complexity index is 755. The van der Waals surface area contributed by atoms with Crippen LogP contribution in [-0.2, 0) is 17.8 Å². The Labute approximate surface area is 183 Å². The topological polar surface area (TPSA) is 74.0 Å². The van der Waals surface area contributed by atoms with Gasteiger partial charge in [-0.15, -0.1) is 0 Å². The second kappa shape index (κ2) is 9.96. The fraction of sp³-hybridized carbons (Fsp3) is 0.792. The molecule has 0 saturated carbocycles. The van der Waals surface area contributed by atoms with Gasteiger partial charge in [0.05, 0.1) is 24.7 Å². The van der Waals surface area contributed by atoms with Crippen molar-refractivity contribution in [3.63, 3.8) is 0 Å². The molecule has 0 bridgehead atoms. The molecule has 0 unspecified atom stereocenters. The van der Waals surface area contributed by atoms with Gasteiger partial charge >= 0.3 is 0 Å². The predicted molar refractivity (Wildman–Crippen MR) is 121 cm³/mol. The summed E-state index contributed by atoms with van der Waals surface area (Å²) in [6.45, 7) is 16.6. The highest BCUT2D eigenvalue weighted by Gasteiger charge is 2.40. The van der Waals surface area contributed by atoms with Gasteiger partial charge in [-0.25, -0.2) is 0 Å². The summed E-state index contributed by atoms with van der Waals surface area (Å²) in [6, 6.07) is 2.45. The highest BCUT2D eigenvalue weighted by Crippen LogP contribution is 2.32. The molecule has 0 aromatic carbocycles. The van der Waals surface area contributed by atoms with E-state index < -0.39 is 0 Å². The average Bonchev–Trinajstić information content (AvgIpc) is 2.89. The summed E-state index contributed by atoms with van der Waals surface area (Å²) < 4.78 is 1.91. The molecule has 1 fully saturated rings. The number of nitrogens with one attached hydrogen (secondary N) is 1. The summed E-state index contributed by atoms with van der Waals surface area (Å²) in [7, 11) is 0. The van der Waals surface area contributed by atoms with Gasteiger partial charge in [0.2, 0.25) is 5.91 Å². The zero-order valence-electron chi connectivity index (χ0n) is 20.1. The molecule has 30 heavy (non-hydrogen) atoms. The number of nitrogens with zero attached hydrogens (tertiary/aromatic N) is 4. The van der Waals surface area contributed by atoms with Crippen LogP contribution in [-0.4, -0.2) is 44.3 Å². The molecule has 1 N–H and O–H groups in total. The lowest BCUT2D eigenvalue weighted by Gasteiger charge is -2.49.